The minimum Gasteiger partial charge on any atom is -0.379 e. The smallest absolute Gasteiger partial charge is 0.242 e. The lowest BCUT2D eigenvalue weighted by molar-refractivity contribution is -0.130. The normalized spacial score (nSPS) is 11.6. The summed E-state index contributed by atoms with van der Waals surface area (Å²) in [4.78, 5) is 88.2. The Morgan fingerprint density at radius 3 is 1.00 bits per heavy atom. The summed E-state index contributed by atoms with van der Waals surface area (Å²) in [6.07, 6.45) is 36.0. The van der Waals surface area contributed by atoms with Crippen LogP contribution < -0.4 is 37.2 Å². The fourth-order valence-corrected chi connectivity index (χ4v) is 10.1. The molecule has 1 aromatic heterocycles. The van der Waals surface area contributed by atoms with E-state index in [1.54, 1.807) is 4.68 Å². The molecule has 558 valence electrons. The molecule has 1 aromatic rings. The fraction of sp³-hybridized carbons (Fsp3) is 0.873. The van der Waals surface area contributed by atoms with Crippen LogP contribution in [0.1, 0.15) is 251 Å². The van der Waals surface area contributed by atoms with Gasteiger partial charge in [-0.2, -0.15) is 0 Å². The Kier molecular flexibility index (Phi) is 63.7. The van der Waals surface area contributed by atoms with Gasteiger partial charge < -0.3 is 75.1 Å². The second-order valence-corrected chi connectivity index (χ2v) is 24.9. The Bertz CT molecular complexity index is 2020. The van der Waals surface area contributed by atoms with Crippen LogP contribution in [0, 0.1) is 0 Å². The molecule has 0 aliphatic carbocycles. The molecule has 0 bridgehead atoms. The lowest BCUT2D eigenvalue weighted by Gasteiger charge is -2.19. The van der Waals surface area contributed by atoms with E-state index in [1.165, 1.54) is 141 Å². The standard InChI is InChI=1S/C71H134N10O15/c1-5-7-9-11-13-15-17-19-21-23-25-27-29-31-65(82)72-39-49-92-51-41-75-68(85)35-45-89-48-38-74-67(84)34-33-63(78-70(87)37-47-91-55-57-95-59-60-96-58-56-94-54-44-81-61-64(62(3)4)79-80-81)71(88)77-43-53-90-46-36-69(86)76-42-52-93-50-40-73-66(83)32-30-28-26-24-22-20-18-16-14-12-10-8-6-2/h61-63H,5-60H2,1-4H3,(H,72,82)(H,73,83)(H,74,84)(H,75,85)(H,76,86)(H,77,88)(H,78,87)/t63-/m0/s1. The Morgan fingerprint density at radius 2 is 0.635 bits per heavy atom. The van der Waals surface area contributed by atoms with Crippen LogP contribution in [0.5, 0.6) is 0 Å². The van der Waals surface area contributed by atoms with E-state index in [0.29, 0.717) is 118 Å². The van der Waals surface area contributed by atoms with Crippen molar-refractivity contribution in [3.63, 3.8) is 0 Å². The first kappa shape index (κ1) is 89.1. The number of hydrogen-bond acceptors (Lipinski definition) is 17. The first-order valence-electron chi connectivity index (χ1n) is 37.4. The minimum atomic E-state index is -1.04. The minimum absolute atomic E-state index is 0.00628. The Balaban J connectivity index is 2.28. The maximum Gasteiger partial charge on any atom is 0.242 e. The summed E-state index contributed by atoms with van der Waals surface area (Å²) in [5, 5.41) is 27.8. The molecule has 0 aliphatic heterocycles. The molecule has 0 aliphatic rings. The van der Waals surface area contributed by atoms with Crippen LogP contribution in [0.4, 0.5) is 0 Å². The number of nitrogens with one attached hydrogen (secondary N) is 7. The first-order chi connectivity index (χ1) is 46.9. The molecular formula is C71H134N10O15. The molecule has 0 radical (unpaired) electrons. The van der Waals surface area contributed by atoms with Gasteiger partial charge in [0, 0.05) is 84.0 Å². The molecule has 0 fully saturated rings. The molecule has 96 heavy (non-hydrogen) atoms. The van der Waals surface area contributed by atoms with Crippen LogP contribution in [0.3, 0.4) is 0 Å². The van der Waals surface area contributed by atoms with Crippen molar-refractivity contribution in [2.75, 3.05) is 145 Å². The molecule has 0 aromatic carbocycles. The van der Waals surface area contributed by atoms with Gasteiger partial charge in [-0.3, -0.25) is 33.6 Å². The van der Waals surface area contributed by atoms with Crippen molar-refractivity contribution in [2.45, 2.75) is 258 Å². The van der Waals surface area contributed by atoms with Gasteiger partial charge in [0.15, 0.2) is 0 Å². The van der Waals surface area contributed by atoms with E-state index in [9.17, 15) is 33.6 Å². The van der Waals surface area contributed by atoms with Crippen molar-refractivity contribution in [1.82, 2.24) is 52.2 Å². The third-order valence-corrected chi connectivity index (χ3v) is 15.9. The van der Waals surface area contributed by atoms with Crippen LogP contribution in [-0.4, -0.2) is 207 Å². The summed E-state index contributed by atoms with van der Waals surface area (Å²) < 4.78 is 46.3. The van der Waals surface area contributed by atoms with Gasteiger partial charge in [0.2, 0.25) is 41.4 Å². The van der Waals surface area contributed by atoms with E-state index in [0.717, 1.165) is 31.4 Å². The fourth-order valence-electron chi connectivity index (χ4n) is 10.1. The number of amides is 7. The average molecular weight is 1370 g/mol. The highest BCUT2D eigenvalue weighted by Gasteiger charge is 2.22. The van der Waals surface area contributed by atoms with Crippen molar-refractivity contribution >= 4 is 41.4 Å². The Hall–Kier alpha value is -4.89. The van der Waals surface area contributed by atoms with Crippen molar-refractivity contribution in [1.29, 1.82) is 0 Å². The summed E-state index contributed by atoms with van der Waals surface area (Å²) in [6, 6.07) is -1.04. The molecule has 0 unspecified atom stereocenters. The highest BCUT2D eigenvalue weighted by Crippen LogP contribution is 2.15. The van der Waals surface area contributed by atoms with Crippen LogP contribution in [0.15, 0.2) is 6.20 Å². The third-order valence-electron chi connectivity index (χ3n) is 15.9. The van der Waals surface area contributed by atoms with Crippen LogP contribution >= 0.6 is 0 Å². The van der Waals surface area contributed by atoms with E-state index < -0.39 is 17.9 Å². The zero-order valence-electron chi connectivity index (χ0n) is 60.3. The number of carbonyl (C=O) groups excluding carboxylic acids is 7. The van der Waals surface area contributed by atoms with E-state index in [4.69, 9.17) is 37.9 Å². The maximum absolute atomic E-state index is 13.3. The van der Waals surface area contributed by atoms with Gasteiger partial charge in [-0.05, 0) is 25.2 Å². The highest BCUT2D eigenvalue weighted by atomic mass is 16.6. The Morgan fingerprint density at radius 1 is 0.344 bits per heavy atom. The van der Waals surface area contributed by atoms with E-state index in [-0.39, 0.29) is 114 Å². The summed E-state index contributed by atoms with van der Waals surface area (Å²) in [5.41, 5.74) is 0.944. The molecule has 1 atom stereocenters. The van der Waals surface area contributed by atoms with Crippen molar-refractivity contribution in [3.8, 4) is 0 Å². The van der Waals surface area contributed by atoms with E-state index in [1.807, 2.05) is 6.20 Å². The second kappa shape index (κ2) is 68.6. The van der Waals surface area contributed by atoms with E-state index in [2.05, 4.69) is 75.2 Å². The van der Waals surface area contributed by atoms with Crippen molar-refractivity contribution < 1.29 is 71.5 Å². The number of aromatic nitrogens is 3. The predicted molar refractivity (Wildman–Crippen MR) is 374 cm³/mol. The zero-order valence-corrected chi connectivity index (χ0v) is 60.3. The molecule has 25 nitrogen and oxygen atoms in total. The average Bonchev–Trinajstić information content (AvgIpc) is 2.14. The number of rotatable bonds is 73. The van der Waals surface area contributed by atoms with Crippen molar-refractivity contribution in [3.05, 3.63) is 11.9 Å². The lowest BCUT2D eigenvalue weighted by Crippen LogP contribution is -2.48. The summed E-state index contributed by atoms with van der Waals surface area (Å²) in [7, 11) is 0. The summed E-state index contributed by atoms with van der Waals surface area (Å²) in [6.45, 7) is 15.6. The maximum atomic E-state index is 13.3. The second-order valence-electron chi connectivity index (χ2n) is 24.9. The lowest BCUT2D eigenvalue weighted by atomic mass is 10.0. The quantitative estimate of drug-likeness (QED) is 0.0300. The van der Waals surface area contributed by atoms with Crippen LogP contribution in [0.2, 0.25) is 0 Å². The molecular weight excluding hydrogens is 1230 g/mol. The summed E-state index contributed by atoms with van der Waals surface area (Å²) in [5.74, 6) is -1.33. The number of carbonyl (C=O) groups is 7. The molecule has 0 saturated heterocycles. The van der Waals surface area contributed by atoms with Gasteiger partial charge in [-0.15, -0.1) is 5.10 Å². The molecule has 7 amide bonds. The molecule has 25 heteroatoms. The third kappa shape index (κ3) is 61.4. The van der Waals surface area contributed by atoms with Crippen LogP contribution in [0.25, 0.3) is 0 Å². The molecule has 1 rings (SSSR count). The first-order valence-corrected chi connectivity index (χ1v) is 37.4. The van der Waals surface area contributed by atoms with Gasteiger partial charge >= 0.3 is 0 Å². The zero-order chi connectivity index (χ0) is 69.7. The number of ether oxygens (including phenoxy) is 8. The number of unbranched alkanes of at least 4 members (excludes halogenated alkanes) is 24. The van der Waals surface area contributed by atoms with Gasteiger partial charge in [0.05, 0.1) is 118 Å². The monoisotopic (exact) mass is 1370 g/mol. The molecule has 1 heterocycles. The predicted octanol–water partition coefficient (Wildman–Crippen LogP) is 8.63. The summed E-state index contributed by atoms with van der Waals surface area (Å²) >= 11 is 0. The van der Waals surface area contributed by atoms with Crippen LogP contribution in [-0.2, 0) is 78.0 Å². The van der Waals surface area contributed by atoms with Gasteiger partial charge in [0.1, 0.15) is 6.04 Å². The van der Waals surface area contributed by atoms with Gasteiger partial charge in [-0.25, -0.2) is 4.68 Å². The largest absolute Gasteiger partial charge is 0.379 e. The number of nitrogens with zero attached hydrogens (tertiary/aromatic N) is 3. The van der Waals surface area contributed by atoms with Crippen molar-refractivity contribution in [2.24, 2.45) is 0 Å². The SMILES string of the molecule is CCCCCCCCCCCCCCCC(=O)NCCOCCNC(=O)CCOCCNC(=O)CC[C@H](NC(=O)CCOCCOCCOCCOCCn1cc(C(C)C)nn1)C(=O)NCCOCCC(=O)NCCOCCNC(=O)CCCCCCCCCCCCCCC. The van der Waals surface area contributed by atoms with Gasteiger partial charge in [-0.1, -0.05) is 187 Å². The highest BCUT2D eigenvalue weighted by molar-refractivity contribution is 5.88. The molecule has 7 N–H and O–H groups in total. The topological polar surface area (TPSA) is 308 Å². The van der Waals surface area contributed by atoms with Gasteiger partial charge in [0.25, 0.3) is 0 Å². The molecule has 0 spiro atoms. The number of hydrogen-bond donors (Lipinski definition) is 7. The van der Waals surface area contributed by atoms with E-state index >= 15 is 0 Å². The Labute approximate surface area is 577 Å². The molecule has 0 saturated carbocycles.